The molecule has 24 heavy (non-hydrogen) atoms. The van der Waals surface area contributed by atoms with E-state index in [1.165, 1.54) is 6.42 Å². The summed E-state index contributed by atoms with van der Waals surface area (Å²) in [6.07, 6.45) is 4.20. The van der Waals surface area contributed by atoms with Crippen molar-refractivity contribution in [3.8, 4) is 17.2 Å². The van der Waals surface area contributed by atoms with Gasteiger partial charge in [0, 0.05) is 29.4 Å². The molecule has 0 aromatic heterocycles. The first-order chi connectivity index (χ1) is 11.3. The first kappa shape index (κ1) is 14.6. The van der Waals surface area contributed by atoms with Crippen LogP contribution in [0.2, 0.25) is 0 Å². The maximum Gasteiger partial charge on any atom is 0.168 e. The molecule has 3 aliphatic carbocycles. The summed E-state index contributed by atoms with van der Waals surface area (Å²) >= 11 is 0. The number of rotatable bonds is 0. The van der Waals surface area contributed by atoms with Crippen LogP contribution >= 0.6 is 0 Å². The van der Waals surface area contributed by atoms with Gasteiger partial charge in [0.1, 0.15) is 11.9 Å². The number of carbonyl (C=O) groups is 1. The average molecular weight is 328 g/mol. The SMILES string of the molecule is C[C@H]1Cc2c(O)c3c(c(O)c2O1)[C@@]1(C)CC[C@H]2C[C@@]2(C)[C@@H]1CC3=O. The van der Waals surface area contributed by atoms with Crippen LogP contribution in [0.1, 0.15) is 67.9 Å². The quantitative estimate of drug-likeness (QED) is 0.713. The maximum atomic E-state index is 12.9. The predicted molar refractivity (Wildman–Crippen MR) is 88.8 cm³/mol. The van der Waals surface area contributed by atoms with Crippen molar-refractivity contribution in [1.82, 2.24) is 0 Å². The van der Waals surface area contributed by atoms with E-state index in [9.17, 15) is 15.0 Å². The van der Waals surface area contributed by atoms with E-state index in [1.54, 1.807) is 0 Å². The molecule has 4 aliphatic rings. The van der Waals surface area contributed by atoms with Gasteiger partial charge in [0.15, 0.2) is 17.3 Å². The van der Waals surface area contributed by atoms with Crippen LogP contribution in [-0.4, -0.2) is 22.1 Å². The third-order valence-electron chi connectivity index (χ3n) is 7.58. The minimum atomic E-state index is -0.267. The third kappa shape index (κ3) is 1.49. The van der Waals surface area contributed by atoms with Crippen LogP contribution in [0.5, 0.6) is 17.2 Å². The third-order valence-corrected chi connectivity index (χ3v) is 7.58. The predicted octanol–water partition coefficient (Wildman–Crippen LogP) is 3.70. The molecule has 1 aliphatic heterocycles. The van der Waals surface area contributed by atoms with Crippen LogP contribution in [0, 0.1) is 17.3 Å². The molecule has 0 amide bonds. The van der Waals surface area contributed by atoms with Crippen molar-refractivity contribution < 1.29 is 19.7 Å². The highest BCUT2D eigenvalue weighted by molar-refractivity contribution is 6.04. The minimum absolute atomic E-state index is 0.0172. The molecule has 2 saturated carbocycles. The molecule has 0 unspecified atom stereocenters. The summed E-state index contributed by atoms with van der Waals surface area (Å²) < 4.78 is 5.79. The zero-order chi connectivity index (χ0) is 17.0. The van der Waals surface area contributed by atoms with E-state index in [-0.39, 0.29) is 40.1 Å². The van der Waals surface area contributed by atoms with Crippen molar-refractivity contribution >= 4 is 5.78 Å². The Kier molecular flexibility index (Phi) is 2.49. The van der Waals surface area contributed by atoms with Gasteiger partial charge in [0.05, 0.1) is 5.56 Å². The van der Waals surface area contributed by atoms with Gasteiger partial charge in [-0.15, -0.1) is 0 Å². The maximum absolute atomic E-state index is 12.9. The lowest BCUT2D eigenvalue weighted by Gasteiger charge is -2.49. The van der Waals surface area contributed by atoms with Gasteiger partial charge >= 0.3 is 0 Å². The molecule has 4 heteroatoms. The van der Waals surface area contributed by atoms with E-state index in [2.05, 4.69) is 13.8 Å². The van der Waals surface area contributed by atoms with Crippen molar-refractivity contribution in [2.45, 2.75) is 64.4 Å². The standard InChI is InChI=1S/C20H24O4/c1-9-6-11-16(22)14-12(21)7-13-19(2,5-4-10-8-20(10,13)3)15(14)17(23)18(11)24-9/h9-10,13,22-23H,4-8H2,1-3H3/t9-,10-,13+,19-,20+/m0/s1. The second-order valence-corrected chi connectivity index (χ2v) is 8.93. The number of benzene rings is 1. The summed E-state index contributed by atoms with van der Waals surface area (Å²) in [7, 11) is 0. The summed E-state index contributed by atoms with van der Waals surface area (Å²) in [5.74, 6) is 1.49. The molecule has 5 atom stereocenters. The van der Waals surface area contributed by atoms with Gasteiger partial charge in [-0.1, -0.05) is 13.8 Å². The fraction of sp³-hybridized carbons (Fsp3) is 0.650. The normalized spacial score (nSPS) is 41.8. The van der Waals surface area contributed by atoms with Crippen molar-refractivity contribution in [2.75, 3.05) is 0 Å². The summed E-state index contributed by atoms with van der Waals surface area (Å²) in [5, 5.41) is 21.8. The number of ketones is 1. The van der Waals surface area contributed by atoms with Crippen molar-refractivity contribution in [3.05, 3.63) is 16.7 Å². The Morgan fingerprint density at radius 1 is 1.17 bits per heavy atom. The molecular formula is C20H24O4. The van der Waals surface area contributed by atoms with E-state index in [4.69, 9.17) is 4.74 Å². The molecule has 1 aromatic rings. The van der Waals surface area contributed by atoms with Crippen LogP contribution in [0.15, 0.2) is 0 Å². The Balaban J connectivity index is 1.79. The van der Waals surface area contributed by atoms with Gasteiger partial charge in [-0.2, -0.15) is 0 Å². The summed E-state index contributed by atoms with van der Waals surface area (Å²) in [4.78, 5) is 12.9. The molecule has 0 bridgehead atoms. The molecule has 1 aromatic carbocycles. The number of Topliss-reactive ketones (excluding diaryl/α,β-unsaturated/α-hetero) is 1. The van der Waals surface area contributed by atoms with Crippen molar-refractivity contribution in [2.24, 2.45) is 17.3 Å². The van der Waals surface area contributed by atoms with Crippen molar-refractivity contribution in [1.29, 1.82) is 0 Å². The number of carbonyl (C=O) groups excluding carboxylic acids is 1. The minimum Gasteiger partial charge on any atom is -0.507 e. The van der Waals surface area contributed by atoms with E-state index in [1.807, 2.05) is 6.92 Å². The van der Waals surface area contributed by atoms with Crippen molar-refractivity contribution in [3.63, 3.8) is 0 Å². The fourth-order valence-corrected chi connectivity index (χ4v) is 6.18. The number of aromatic hydroxyl groups is 2. The first-order valence-corrected chi connectivity index (χ1v) is 9.08. The lowest BCUT2D eigenvalue weighted by molar-refractivity contribution is 0.0694. The molecule has 5 rings (SSSR count). The largest absolute Gasteiger partial charge is 0.507 e. The molecule has 0 saturated heterocycles. The Hall–Kier alpha value is -1.71. The molecular weight excluding hydrogens is 304 g/mol. The Labute approximate surface area is 141 Å². The first-order valence-electron chi connectivity index (χ1n) is 9.08. The van der Waals surface area contributed by atoms with Gasteiger partial charge in [-0.05, 0) is 43.4 Å². The van der Waals surface area contributed by atoms with Crippen LogP contribution in [0.3, 0.4) is 0 Å². The average Bonchev–Trinajstić information content (AvgIpc) is 3.04. The van der Waals surface area contributed by atoms with E-state index < -0.39 is 0 Å². The second-order valence-electron chi connectivity index (χ2n) is 8.93. The van der Waals surface area contributed by atoms with Gasteiger partial charge in [-0.25, -0.2) is 0 Å². The number of fused-ring (bicyclic) bond motifs is 6. The molecule has 4 nitrogen and oxygen atoms in total. The highest BCUT2D eigenvalue weighted by atomic mass is 16.5. The molecule has 128 valence electrons. The molecule has 0 spiro atoms. The van der Waals surface area contributed by atoms with Gasteiger partial charge in [0.25, 0.3) is 0 Å². The molecule has 2 N–H and O–H groups in total. The Morgan fingerprint density at radius 3 is 2.67 bits per heavy atom. The van der Waals surface area contributed by atoms with Crippen LogP contribution < -0.4 is 4.74 Å². The van der Waals surface area contributed by atoms with Gasteiger partial charge < -0.3 is 14.9 Å². The van der Waals surface area contributed by atoms with Gasteiger partial charge in [-0.3, -0.25) is 4.79 Å². The lowest BCUT2D eigenvalue weighted by Crippen LogP contribution is -2.46. The van der Waals surface area contributed by atoms with E-state index in [0.717, 1.165) is 12.8 Å². The summed E-state index contributed by atoms with van der Waals surface area (Å²) in [5.41, 5.74) is 1.55. The molecule has 0 radical (unpaired) electrons. The Morgan fingerprint density at radius 2 is 1.92 bits per heavy atom. The molecule has 1 heterocycles. The lowest BCUT2D eigenvalue weighted by atomic mass is 9.54. The number of hydrogen-bond donors (Lipinski definition) is 2. The number of hydrogen-bond acceptors (Lipinski definition) is 4. The second kappa shape index (κ2) is 4.09. The fourth-order valence-electron chi connectivity index (χ4n) is 6.18. The summed E-state index contributed by atoms with van der Waals surface area (Å²) in [6.45, 7) is 6.38. The van der Waals surface area contributed by atoms with E-state index in [0.29, 0.717) is 41.2 Å². The van der Waals surface area contributed by atoms with E-state index >= 15 is 0 Å². The number of phenolic OH excluding ortho intramolecular Hbond substituents is 2. The monoisotopic (exact) mass is 328 g/mol. The topological polar surface area (TPSA) is 66.8 Å². The van der Waals surface area contributed by atoms with Crippen LogP contribution in [0.4, 0.5) is 0 Å². The van der Waals surface area contributed by atoms with Crippen LogP contribution in [-0.2, 0) is 11.8 Å². The zero-order valence-corrected chi connectivity index (χ0v) is 14.5. The highest BCUT2D eigenvalue weighted by Gasteiger charge is 2.66. The summed E-state index contributed by atoms with van der Waals surface area (Å²) in [6, 6.07) is 0. The highest BCUT2D eigenvalue weighted by Crippen LogP contribution is 2.72. The van der Waals surface area contributed by atoms with Gasteiger partial charge in [0.2, 0.25) is 0 Å². The number of ether oxygens (including phenoxy) is 1. The van der Waals surface area contributed by atoms with Crippen LogP contribution in [0.25, 0.3) is 0 Å². The molecule has 2 fully saturated rings. The number of phenols is 2. The Bertz CT molecular complexity index is 798. The zero-order valence-electron chi connectivity index (χ0n) is 14.5. The smallest absolute Gasteiger partial charge is 0.168 e.